The number of hydrogen-bond acceptors (Lipinski definition) is 4. The van der Waals surface area contributed by atoms with Crippen molar-refractivity contribution in [1.29, 1.82) is 0 Å². The molecule has 0 atom stereocenters. The molecule has 2 rings (SSSR count). The van der Waals surface area contributed by atoms with Gasteiger partial charge in [0.15, 0.2) is 0 Å². The van der Waals surface area contributed by atoms with Crippen molar-refractivity contribution < 1.29 is 9.48 Å². The summed E-state index contributed by atoms with van der Waals surface area (Å²) in [5, 5.41) is 9.77. The van der Waals surface area contributed by atoms with Crippen molar-refractivity contribution in [3.8, 4) is 0 Å². The van der Waals surface area contributed by atoms with E-state index in [4.69, 9.17) is 0 Å². The molecule has 0 spiro atoms. The minimum atomic E-state index is -0.349. The van der Waals surface area contributed by atoms with Gasteiger partial charge in [-0.1, -0.05) is 0 Å². The lowest BCUT2D eigenvalue weighted by molar-refractivity contribution is -0.448. The normalized spacial score (nSPS) is 17.7. The van der Waals surface area contributed by atoms with E-state index in [-0.39, 0.29) is 11.5 Å². The van der Waals surface area contributed by atoms with Gasteiger partial charge in [0.2, 0.25) is 5.71 Å². The molecule has 0 saturated heterocycles. The number of H-pyrrole nitrogens is 1. The highest BCUT2D eigenvalue weighted by atomic mass is 16.2. The number of amides is 1. The molecular formula is C10H9N4O2+. The van der Waals surface area contributed by atoms with E-state index in [9.17, 15) is 9.59 Å². The Kier molecular flexibility index (Phi) is 2.55. The molecule has 6 nitrogen and oxygen atoms in total. The van der Waals surface area contributed by atoms with Crippen LogP contribution in [0.4, 0.5) is 0 Å². The number of nitrogens with zero attached hydrogens (tertiary/aromatic N) is 3. The molecule has 1 aromatic rings. The third-order valence-corrected chi connectivity index (χ3v) is 2.15. The van der Waals surface area contributed by atoms with Gasteiger partial charge in [0.1, 0.15) is 5.56 Å². The predicted octanol–water partition coefficient (Wildman–Crippen LogP) is -0.326. The summed E-state index contributed by atoms with van der Waals surface area (Å²) in [6.07, 6.45) is 5.86. The molecule has 1 aliphatic heterocycles. The fourth-order valence-electron chi connectivity index (χ4n) is 1.35. The Labute approximate surface area is 90.6 Å². The number of aromatic amines is 1. The van der Waals surface area contributed by atoms with Crippen LogP contribution in [0.5, 0.6) is 0 Å². The topological polar surface area (TPSA) is 78.2 Å². The van der Waals surface area contributed by atoms with Gasteiger partial charge in [-0.2, -0.15) is 5.10 Å². The summed E-state index contributed by atoms with van der Waals surface area (Å²) < 4.78 is 1.17. The molecule has 0 radical (unpaired) electrons. The Morgan fingerprint density at radius 1 is 1.44 bits per heavy atom. The molecule has 80 valence electrons. The average Bonchev–Trinajstić information content (AvgIpc) is 2.29. The fraction of sp³-hybridized carbons (Fsp3) is 0.100. The first-order valence-electron chi connectivity index (χ1n) is 4.62. The Balaban J connectivity index is 2.58. The summed E-state index contributed by atoms with van der Waals surface area (Å²) in [5.41, 5.74) is 0.489. The third-order valence-electron chi connectivity index (χ3n) is 2.15. The van der Waals surface area contributed by atoms with E-state index in [2.05, 4.69) is 15.3 Å². The number of nitrogens with one attached hydrogen (secondary N) is 1. The van der Waals surface area contributed by atoms with Crippen LogP contribution in [0.1, 0.15) is 12.5 Å². The minimum Gasteiger partial charge on any atom is -0.267 e. The Morgan fingerprint density at radius 2 is 2.25 bits per heavy atom. The minimum absolute atomic E-state index is 0.281. The van der Waals surface area contributed by atoms with Crippen molar-refractivity contribution in [1.82, 2.24) is 10.2 Å². The largest absolute Gasteiger partial charge is 0.442 e. The average molecular weight is 217 g/mol. The second-order valence-electron chi connectivity index (χ2n) is 3.16. The van der Waals surface area contributed by atoms with Gasteiger partial charge in [-0.3, -0.25) is 4.79 Å². The molecule has 16 heavy (non-hydrogen) atoms. The summed E-state index contributed by atoms with van der Waals surface area (Å²) in [6, 6.07) is 1.54. The highest BCUT2D eigenvalue weighted by molar-refractivity contribution is 6.00. The van der Waals surface area contributed by atoms with Crippen molar-refractivity contribution in [3.05, 3.63) is 40.3 Å². The van der Waals surface area contributed by atoms with Crippen LogP contribution in [-0.2, 0) is 4.79 Å². The Morgan fingerprint density at radius 3 is 2.94 bits per heavy atom. The molecule has 1 aliphatic rings. The second-order valence-corrected chi connectivity index (χ2v) is 3.16. The molecule has 1 N–H and O–H groups in total. The van der Waals surface area contributed by atoms with Crippen LogP contribution in [-0.4, -0.2) is 32.7 Å². The first kappa shape index (κ1) is 10.2. The van der Waals surface area contributed by atoms with E-state index in [0.29, 0.717) is 11.3 Å². The summed E-state index contributed by atoms with van der Waals surface area (Å²) in [7, 11) is 0. The Hall–Kier alpha value is -2.37. The predicted molar refractivity (Wildman–Crippen MR) is 57.5 cm³/mol. The molecule has 6 heteroatoms. The maximum Gasteiger partial charge on any atom is 0.442 e. The fourth-order valence-corrected chi connectivity index (χ4v) is 1.35. The molecule has 0 unspecified atom stereocenters. The zero-order valence-electron chi connectivity index (χ0n) is 8.54. The zero-order chi connectivity index (χ0) is 11.5. The SMILES string of the molecule is C/C(c1ccn[nH]c1=O)=[N+]1/N=CC=CC1=O. The maximum atomic E-state index is 11.5. The smallest absolute Gasteiger partial charge is 0.267 e. The molecule has 0 aromatic carbocycles. The number of allylic oxidation sites excluding steroid dienone is 1. The van der Waals surface area contributed by atoms with Crippen LogP contribution in [0.3, 0.4) is 0 Å². The van der Waals surface area contributed by atoms with E-state index in [1.165, 1.54) is 29.2 Å². The monoisotopic (exact) mass is 217 g/mol. The molecular weight excluding hydrogens is 208 g/mol. The van der Waals surface area contributed by atoms with E-state index in [1.54, 1.807) is 13.0 Å². The molecule has 0 saturated carbocycles. The van der Waals surface area contributed by atoms with E-state index in [1.807, 2.05) is 0 Å². The standard InChI is InChI=1S/C10H8N4O2/c1-7(8-4-6-11-13-10(8)16)14-9(15)3-2-5-12-14/h2-6H,1H3/p+1. The first-order chi connectivity index (χ1) is 7.70. The summed E-state index contributed by atoms with van der Waals surface area (Å²) >= 11 is 0. The van der Waals surface area contributed by atoms with Crippen molar-refractivity contribution in [2.24, 2.45) is 5.10 Å². The number of hydrogen-bond donors (Lipinski definition) is 1. The summed E-state index contributed by atoms with van der Waals surface area (Å²) in [4.78, 5) is 23.0. The number of aromatic nitrogens is 2. The molecule has 1 amide bonds. The molecule has 0 aliphatic carbocycles. The van der Waals surface area contributed by atoms with Crippen LogP contribution in [0.2, 0.25) is 0 Å². The van der Waals surface area contributed by atoms with Gasteiger partial charge in [-0.05, 0) is 16.8 Å². The van der Waals surface area contributed by atoms with Gasteiger partial charge in [-0.25, -0.2) is 9.89 Å². The van der Waals surface area contributed by atoms with Crippen molar-refractivity contribution >= 4 is 17.8 Å². The number of carbonyl (C=O) groups is 1. The van der Waals surface area contributed by atoms with Gasteiger partial charge < -0.3 is 0 Å². The van der Waals surface area contributed by atoms with Gasteiger partial charge in [0, 0.05) is 18.2 Å². The highest BCUT2D eigenvalue weighted by Gasteiger charge is 2.23. The molecule has 0 bridgehead atoms. The van der Waals surface area contributed by atoms with Crippen LogP contribution in [0.15, 0.2) is 34.3 Å². The van der Waals surface area contributed by atoms with Gasteiger partial charge in [0.05, 0.1) is 12.3 Å². The van der Waals surface area contributed by atoms with E-state index < -0.39 is 0 Å². The summed E-state index contributed by atoms with van der Waals surface area (Å²) in [6.45, 7) is 1.65. The zero-order valence-corrected chi connectivity index (χ0v) is 8.54. The Bertz CT molecular complexity index is 580. The van der Waals surface area contributed by atoms with Gasteiger partial charge >= 0.3 is 5.91 Å². The van der Waals surface area contributed by atoms with E-state index >= 15 is 0 Å². The van der Waals surface area contributed by atoms with Crippen LogP contribution < -0.4 is 5.56 Å². The highest BCUT2D eigenvalue weighted by Crippen LogP contribution is 1.97. The second kappa shape index (κ2) is 4.01. The number of carbonyl (C=O) groups excluding carboxylic acids is 1. The van der Waals surface area contributed by atoms with Crippen molar-refractivity contribution in [2.45, 2.75) is 6.92 Å². The summed E-state index contributed by atoms with van der Waals surface area (Å²) in [5.74, 6) is -0.281. The maximum absolute atomic E-state index is 11.5. The van der Waals surface area contributed by atoms with E-state index in [0.717, 1.165) is 0 Å². The lowest BCUT2D eigenvalue weighted by Crippen LogP contribution is -2.27. The van der Waals surface area contributed by atoms with Gasteiger partial charge in [0.25, 0.3) is 5.56 Å². The van der Waals surface area contributed by atoms with Crippen molar-refractivity contribution in [3.63, 3.8) is 0 Å². The van der Waals surface area contributed by atoms with Crippen molar-refractivity contribution in [2.75, 3.05) is 0 Å². The van der Waals surface area contributed by atoms with Crippen LogP contribution in [0, 0.1) is 0 Å². The lowest BCUT2D eigenvalue weighted by atomic mass is 10.2. The quantitative estimate of drug-likeness (QED) is 0.654. The first-order valence-corrected chi connectivity index (χ1v) is 4.62. The van der Waals surface area contributed by atoms with Gasteiger partial charge in [-0.15, -0.1) is 0 Å². The van der Waals surface area contributed by atoms with Crippen LogP contribution >= 0.6 is 0 Å². The molecule has 2 heterocycles. The molecule has 1 aromatic heterocycles. The number of hydrazone groups is 1. The molecule has 0 fully saturated rings. The lowest BCUT2D eigenvalue weighted by Gasteiger charge is -1.97. The third kappa shape index (κ3) is 1.72. The number of rotatable bonds is 1. The van der Waals surface area contributed by atoms with Crippen LogP contribution in [0.25, 0.3) is 0 Å².